The van der Waals surface area contributed by atoms with Crippen LogP contribution in [0.3, 0.4) is 0 Å². The zero-order chi connectivity index (χ0) is 20.4. The topological polar surface area (TPSA) is 65.3 Å². The van der Waals surface area contributed by atoms with E-state index in [1.165, 1.54) is 5.00 Å². The maximum Gasteiger partial charge on any atom is 0.191 e. The quantitative estimate of drug-likeness (QED) is 0.494. The minimum atomic E-state index is 0.458. The van der Waals surface area contributed by atoms with E-state index in [0.29, 0.717) is 6.04 Å². The van der Waals surface area contributed by atoms with Crippen molar-refractivity contribution in [3.8, 4) is 0 Å². The van der Waals surface area contributed by atoms with E-state index >= 15 is 0 Å². The van der Waals surface area contributed by atoms with Crippen LogP contribution in [0.2, 0.25) is 0 Å². The maximum atomic E-state index is 5.45. The third kappa shape index (κ3) is 6.48. The molecule has 7 nitrogen and oxygen atoms in total. The number of hydrogen-bond donors (Lipinski definition) is 2. The van der Waals surface area contributed by atoms with Crippen LogP contribution in [0.1, 0.15) is 18.6 Å². The number of piperidine rings is 1. The highest BCUT2D eigenvalue weighted by atomic mass is 32.1. The lowest BCUT2D eigenvalue weighted by molar-refractivity contribution is 0.0394. The van der Waals surface area contributed by atoms with Crippen LogP contribution in [-0.2, 0) is 11.2 Å². The number of nitrogens with one attached hydrogen (secondary N) is 2. The van der Waals surface area contributed by atoms with Gasteiger partial charge in [0.15, 0.2) is 5.96 Å². The van der Waals surface area contributed by atoms with E-state index in [9.17, 15) is 0 Å². The summed E-state index contributed by atoms with van der Waals surface area (Å²) in [6.45, 7) is 8.44. The van der Waals surface area contributed by atoms with E-state index in [1.807, 2.05) is 23.5 Å². The molecule has 2 fully saturated rings. The molecule has 0 radical (unpaired) electrons. The van der Waals surface area contributed by atoms with Gasteiger partial charge >= 0.3 is 0 Å². The van der Waals surface area contributed by atoms with E-state index in [1.54, 1.807) is 6.26 Å². The number of nitrogens with zero attached hydrogens (tertiary/aromatic N) is 3. The van der Waals surface area contributed by atoms with Gasteiger partial charge < -0.3 is 24.7 Å². The number of guanidine groups is 1. The fraction of sp³-hybridized carbons (Fsp3) is 0.591. The lowest BCUT2D eigenvalue weighted by Gasteiger charge is -2.33. The fourth-order valence-electron chi connectivity index (χ4n) is 3.93. The van der Waals surface area contributed by atoms with Gasteiger partial charge in [-0.3, -0.25) is 9.89 Å². The van der Waals surface area contributed by atoms with Gasteiger partial charge in [-0.05, 0) is 42.5 Å². The van der Waals surface area contributed by atoms with Crippen LogP contribution in [0.4, 0.5) is 5.00 Å². The van der Waals surface area contributed by atoms with Crippen molar-refractivity contribution in [3.63, 3.8) is 0 Å². The monoisotopic (exact) mass is 431 g/mol. The summed E-state index contributed by atoms with van der Waals surface area (Å²) in [5.41, 5.74) is 0. The molecule has 0 aliphatic carbocycles. The highest BCUT2D eigenvalue weighted by Crippen LogP contribution is 2.24. The van der Waals surface area contributed by atoms with Crippen LogP contribution in [0.15, 0.2) is 45.3 Å². The molecular formula is C22H33N5O2S. The van der Waals surface area contributed by atoms with Gasteiger partial charge in [0.1, 0.15) is 5.76 Å². The number of anilines is 1. The van der Waals surface area contributed by atoms with Crippen LogP contribution < -0.4 is 15.5 Å². The van der Waals surface area contributed by atoms with Crippen molar-refractivity contribution in [3.05, 3.63) is 41.7 Å². The average molecular weight is 432 g/mol. The third-order valence-electron chi connectivity index (χ3n) is 5.69. The summed E-state index contributed by atoms with van der Waals surface area (Å²) in [5.74, 6) is 1.92. The van der Waals surface area contributed by atoms with Crippen molar-refractivity contribution in [2.24, 2.45) is 4.99 Å². The van der Waals surface area contributed by atoms with Crippen molar-refractivity contribution >= 4 is 22.3 Å². The van der Waals surface area contributed by atoms with Gasteiger partial charge in [-0.1, -0.05) is 0 Å². The summed E-state index contributed by atoms with van der Waals surface area (Å²) < 4.78 is 10.9. The lowest BCUT2D eigenvalue weighted by Crippen LogP contribution is -2.49. The number of rotatable bonds is 8. The molecule has 0 unspecified atom stereocenters. The van der Waals surface area contributed by atoms with E-state index in [-0.39, 0.29) is 0 Å². The smallest absolute Gasteiger partial charge is 0.191 e. The Morgan fingerprint density at radius 1 is 1.13 bits per heavy atom. The Kier molecular flexibility index (Phi) is 8.05. The number of morpholine rings is 1. The Morgan fingerprint density at radius 3 is 2.73 bits per heavy atom. The van der Waals surface area contributed by atoms with Crippen molar-refractivity contribution in [1.29, 1.82) is 0 Å². The molecule has 2 aliphatic rings. The van der Waals surface area contributed by atoms with Crippen LogP contribution in [0.25, 0.3) is 0 Å². The van der Waals surface area contributed by atoms with E-state index < -0.39 is 0 Å². The van der Waals surface area contributed by atoms with Crippen LogP contribution >= 0.6 is 11.3 Å². The van der Waals surface area contributed by atoms with Crippen molar-refractivity contribution in [2.75, 3.05) is 63.9 Å². The zero-order valence-electron chi connectivity index (χ0n) is 17.6. The molecule has 164 valence electrons. The maximum absolute atomic E-state index is 5.45. The van der Waals surface area contributed by atoms with Crippen LogP contribution in [-0.4, -0.2) is 75.9 Å². The second kappa shape index (κ2) is 11.4. The van der Waals surface area contributed by atoms with E-state index in [2.05, 4.69) is 37.9 Å². The highest BCUT2D eigenvalue weighted by molar-refractivity contribution is 7.14. The predicted molar refractivity (Wildman–Crippen MR) is 123 cm³/mol. The van der Waals surface area contributed by atoms with Gasteiger partial charge in [0, 0.05) is 51.7 Å². The van der Waals surface area contributed by atoms with E-state index in [4.69, 9.17) is 14.1 Å². The number of thiophene rings is 1. The molecule has 2 aromatic rings. The highest BCUT2D eigenvalue weighted by Gasteiger charge is 2.21. The van der Waals surface area contributed by atoms with Gasteiger partial charge in [0.25, 0.3) is 0 Å². The number of furan rings is 1. The largest absolute Gasteiger partial charge is 0.469 e. The molecule has 4 heterocycles. The van der Waals surface area contributed by atoms with Crippen molar-refractivity contribution in [1.82, 2.24) is 15.5 Å². The summed E-state index contributed by atoms with van der Waals surface area (Å²) in [7, 11) is 0. The molecule has 2 saturated heterocycles. The van der Waals surface area contributed by atoms with Gasteiger partial charge in [-0.25, -0.2) is 0 Å². The molecule has 0 spiro atoms. The summed E-state index contributed by atoms with van der Waals surface area (Å²) >= 11 is 1.83. The fourth-order valence-corrected chi connectivity index (χ4v) is 4.71. The van der Waals surface area contributed by atoms with Gasteiger partial charge in [-0.15, -0.1) is 11.3 Å². The normalized spacial score (nSPS) is 19.2. The Balaban J connectivity index is 1.26. The molecule has 30 heavy (non-hydrogen) atoms. The Labute approximate surface area is 183 Å². The summed E-state index contributed by atoms with van der Waals surface area (Å²) in [6.07, 6.45) is 4.83. The molecular weight excluding hydrogens is 398 g/mol. The van der Waals surface area contributed by atoms with Gasteiger partial charge in [-0.2, -0.15) is 0 Å². The Hall–Kier alpha value is -2.03. The average Bonchev–Trinajstić information content (AvgIpc) is 3.49. The summed E-state index contributed by atoms with van der Waals surface area (Å²) in [5, 5.41) is 10.7. The molecule has 0 aromatic carbocycles. The van der Waals surface area contributed by atoms with Crippen LogP contribution in [0, 0.1) is 0 Å². The third-order valence-corrected chi connectivity index (χ3v) is 6.62. The standard InChI is InChI=1S/C22H33N5O2S/c1-3-20(29-15-1)5-8-23-22(24-9-12-26-13-16-28-17-14-26)25-19-6-10-27(11-7-19)21-4-2-18-30-21/h1-4,15,18-19H,5-14,16-17H2,(H2,23,24,25). The first-order valence-corrected chi connectivity index (χ1v) is 11.9. The van der Waals surface area contributed by atoms with Gasteiger partial charge in [0.2, 0.25) is 0 Å². The number of ether oxygens (including phenoxy) is 1. The van der Waals surface area contributed by atoms with Crippen molar-refractivity contribution < 1.29 is 9.15 Å². The molecule has 2 aromatic heterocycles. The molecule has 0 bridgehead atoms. The zero-order valence-corrected chi connectivity index (χ0v) is 18.4. The van der Waals surface area contributed by atoms with Gasteiger partial charge in [0.05, 0.1) is 31.0 Å². The Bertz CT molecular complexity index is 736. The first-order chi connectivity index (χ1) is 14.9. The predicted octanol–water partition coefficient (Wildman–Crippen LogP) is 2.42. The number of aliphatic imine (C=N–C) groups is 1. The van der Waals surface area contributed by atoms with Crippen LogP contribution in [0.5, 0.6) is 0 Å². The summed E-state index contributed by atoms with van der Waals surface area (Å²) in [4.78, 5) is 9.78. The Morgan fingerprint density at radius 2 is 2.00 bits per heavy atom. The first kappa shape index (κ1) is 21.2. The molecule has 8 heteroatoms. The molecule has 0 amide bonds. The first-order valence-electron chi connectivity index (χ1n) is 11.0. The molecule has 2 aliphatic heterocycles. The number of hydrogen-bond acceptors (Lipinski definition) is 6. The molecule has 0 atom stereocenters. The minimum absolute atomic E-state index is 0.458. The lowest BCUT2D eigenvalue weighted by atomic mass is 10.1. The minimum Gasteiger partial charge on any atom is -0.469 e. The summed E-state index contributed by atoms with van der Waals surface area (Å²) in [6, 6.07) is 8.76. The molecule has 0 saturated carbocycles. The second-order valence-corrected chi connectivity index (χ2v) is 8.72. The second-order valence-electron chi connectivity index (χ2n) is 7.80. The van der Waals surface area contributed by atoms with E-state index in [0.717, 1.165) is 90.0 Å². The molecule has 2 N–H and O–H groups in total. The van der Waals surface area contributed by atoms with Crippen molar-refractivity contribution in [2.45, 2.75) is 25.3 Å². The SMILES string of the molecule is c1coc(CCNC(=NCCN2CCOCC2)NC2CCN(c3cccs3)CC2)c1. The molecule has 4 rings (SSSR count).